The first-order valence-electron chi connectivity index (χ1n) is 6.25. The van der Waals surface area contributed by atoms with Gasteiger partial charge in [-0.2, -0.15) is 5.26 Å². The number of aryl methyl sites for hydroxylation is 1. The molecule has 1 amide bonds. The average molecular weight is 280 g/mol. The fourth-order valence-corrected chi connectivity index (χ4v) is 2.24. The SMILES string of the molecule is Cl.N#Cc1ccc(CCC(=O)N2CCCC2N)cc1. The van der Waals surface area contributed by atoms with Crippen LogP contribution in [0.3, 0.4) is 0 Å². The molecule has 0 bridgehead atoms. The number of hydrogen-bond donors (Lipinski definition) is 1. The van der Waals surface area contributed by atoms with E-state index in [4.69, 9.17) is 11.0 Å². The number of rotatable bonds is 3. The second kappa shape index (κ2) is 7.13. The molecule has 5 heteroatoms. The fourth-order valence-electron chi connectivity index (χ4n) is 2.24. The lowest BCUT2D eigenvalue weighted by Gasteiger charge is -2.21. The summed E-state index contributed by atoms with van der Waals surface area (Å²) in [4.78, 5) is 13.7. The summed E-state index contributed by atoms with van der Waals surface area (Å²) in [5, 5.41) is 8.69. The molecule has 1 aliphatic heterocycles. The summed E-state index contributed by atoms with van der Waals surface area (Å²) in [6.07, 6.45) is 3.00. The average Bonchev–Trinajstić information content (AvgIpc) is 2.83. The number of hydrogen-bond acceptors (Lipinski definition) is 3. The Kier molecular flexibility index (Phi) is 5.81. The van der Waals surface area contributed by atoms with Crippen molar-refractivity contribution in [2.75, 3.05) is 6.54 Å². The first kappa shape index (κ1) is 15.5. The van der Waals surface area contributed by atoms with Gasteiger partial charge in [-0.1, -0.05) is 12.1 Å². The van der Waals surface area contributed by atoms with Gasteiger partial charge in [-0.05, 0) is 37.0 Å². The van der Waals surface area contributed by atoms with Crippen LogP contribution in [0.2, 0.25) is 0 Å². The van der Waals surface area contributed by atoms with Gasteiger partial charge < -0.3 is 10.6 Å². The van der Waals surface area contributed by atoms with Crippen LogP contribution in [-0.2, 0) is 11.2 Å². The van der Waals surface area contributed by atoms with Crippen molar-refractivity contribution in [3.63, 3.8) is 0 Å². The highest BCUT2D eigenvalue weighted by molar-refractivity contribution is 5.85. The molecule has 0 aromatic heterocycles. The third kappa shape index (κ3) is 3.95. The Bertz CT molecular complexity index is 467. The summed E-state index contributed by atoms with van der Waals surface area (Å²) in [6, 6.07) is 9.43. The molecule has 102 valence electrons. The molecule has 2 rings (SSSR count). The zero-order chi connectivity index (χ0) is 13.0. The molecule has 19 heavy (non-hydrogen) atoms. The van der Waals surface area contributed by atoms with E-state index in [0.717, 1.165) is 24.9 Å². The van der Waals surface area contributed by atoms with Crippen molar-refractivity contribution < 1.29 is 4.79 Å². The van der Waals surface area contributed by atoms with Gasteiger partial charge in [-0.15, -0.1) is 12.4 Å². The van der Waals surface area contributed by atoms with Crippen LogP contribution in [0, 0.1) is 11.3 Å². The van der Waals surface area contributed by atoms with Crippen molar-refractivity contribution in [2.45, 2.75) is 31.8 Å². The molecule has 1 unspecified atom stereocenters. The van der Waals surface area contributed by atoms with E-state index in [1.54, 1.807) is 17.0 Å². The minimum atomic E-state index is -0.0986. The van der Waals surface area contributed by atoms with E-state index in [-0.39, 0.29) is 24.5 Å². The molecular weight excluding hydrogens is 262 g/mol. The third-order valence-corrected chi connectivity index (χ3v) is 3.33. The number of carbonyl (C=O) groups excluding carboxylic acids is 1. The molecule has 1 aromatic carbocycles. The van der Waals surface area contributed by atoms with Gasteiger partial charge in [0.1, 0.15) is 0 Å². The van der Waals surface area contributed by atoms with Crippen LogP contribution in [0.15, 0.2) is 24.3 Å². The summed E-state index contributed by atoms with van der Waals surface area (Å²) < 4.78 is 0. The zero-order valence-corrected chi connectivity index (χ0v) is 11.5. The number of nitriles is 1. The molecule has 2 N–H and O–H groups in total. The van der Waals surface area contributed by atoms with Crippen LogP contribution in [0.4, 0.5) is 0 Å². The fraction of sp³-hybridized carbons (Fsp3) is 0.429. The minimum Gasteiger partial charge on any atom is -0.327 e. The van der Waals surface area contributed by atoms with Gasteiger partial charge in [0.05, 0.1) is 17.8 Å². The minimum absolute atomic E-state index is 0. The van der Waals surface area contributed by atoms with E-state index in [1.165, 1.54) is 0 Å². The van der Waals surface area contributed by atoms with Crippen LogP contribution >= 0.6 is 12.4 Å². The number of halogens is 1. The van der Waals surface area contributed by atoms with Gasteiger partial charge in [0.2, 0.25) is 5.91 Å². The smallest absolute Gasteiger partial charge is 0.224 e. The first-order valence-corrected chi connectivity index (χ1v) is 6.25. The molecule has 1 heterocycles. The molecule has 0 saturated carbocycles. The number of likely N-dealkylation sites (tertiary alicyclic amines) is 1. The Morgan fingerprint density at radius 2 is 2.11 bits per heavy atom. The molecule has 0 radical (unpaired) electrons. The molecule has 0 aliphatic carbocycles. The standard InChI is InChI=1S/C14H17N3O.ClH/c15-10-12-5-3-11(4-6-12)7-8-14(18)17-9-1-2-13(17)16;/h3-6,13H,1-2,7-9,16H2;1H. The largest absolute Gasteiger partial charge is 0.327 e. The first-order chi connectivity index (χ1) is 8.70. The topological polar surface area (TPSA) is 70.1 Å². The lowest BCUT2D eigenvalue weighted by atomic mass is 10.1. The van der Waals surface area contributed by atoms with Gasteiger partial charge in [0, 0.05) is 13.0 Å². The van der Waals surface area contributed by atoms with Crippen molar-refractivity contribution in [1.82, 2.24) is 4.90 Å². The number of carbonyl (C=O) groups is 1. The van der Waals surface area contributed by atoms with E-state index in [0.29, 0.717) is 18.4 Å². The number of amides is 1. The Labute approximate surface area is 119 Å². The van der Waals surface area contributed by atoms with Crippen molar-refractivity contribution in [3.05, 3.63) is 35.4 Å². The Hall–Kier alpha value is -1.57. The second-order valence-electron chi connectivity index (χ2n) is 4.61. The predicted octanol–water partition coefficient (Wildman–Crippen LogP) is 1.82. The summed E-state index contributed by atoms with van der Waals surface area (Å²) in [5.41, 5.74) is 7.58. The lowest BCUT2D eigenvalue weighted by molar-refractivity contribution is -0.131. The molecule has 0 spiro atoms. The highest BCUT2D eigenvalue weighted by atomic mass is 35.5. The van der Waals surface area contributed by atoms with Gasteiger partial charge >= 0.3 is 0 Å². The van der Waals surface area contributed by atoms with Crippen LogP contribution in [0.1, 0.15) is 30.4 Å². The predicted molar refractivity (Wildman–Crippen MR) is 75.6 cm³/mol. The third-order valence-electron chi connectivity index (χ3n) is 3.33. The van der Waals surface area contributed by atoms with Crippen LogP contribution in [0.5, 0.6) is 0 Å². The summed E-state index contributed by atoms with van der Waals surface area (Å²) in [5.74, 6) is 0.129. The molecule has 4 nitrogen and oxygen atoms in total. The Balaban J connectivity index is 0.00000180. The zero-order valence-electron chi connectivity index (χ0n) is 10.7. The quantitative estimate of drug-likeness (QED) is 0.917. The summed E-state index contributed by atoms with van der Waals surface area (Å²) in [7, 11) is 0. The molecule has 1 fully saturated rings. The van der Waals surface area contributed by atoms with Crippen LogP contribution in [0.25, 0.3) is 0 Å². The Morgan fingerprint density at radius 1 is 1.42 bits per heavy atom. The highest BCUT2D eigenvalue weighted by Gasteiger charge is 2.24. The van der Waals surface area contributed by atoms with Crippen LogP contribution < -0.4 is 5.73 Å². The van der Waals surface area contributed by atoms with Crippen molar-refractivity contribution in [3.8, 4) is 6.07 Å². The molecule has 1 atom stereocenters. The van der Waals surface area contributed by atoms with E-state index in [1.807, 2.05) is 12.1 Å². The number of nitrogens with zero attached hydrogens (tertiary/aromatic N) is 2. The maximum absolute atomic E-state index is 11.9. The lowest BCUT2D eigenvalue weighted by Crippen LogP contribution is -2.41. The number of benzene rings is 1. The molecule has 1 saturated heterocycles. The van der Waals surface area contributed by atoms with Gasteiger partial charge in [-0.25, -0.2) is 0 Å². The Morgan fingerprint density at radius 3 is 2.63 bits per heavy atom. The monoisotopic (exact) mass is 279 g/mol. The summed E-state index contributed by atoms with van der Waals surface area (Å²) in [6.45, 7) is 0.785. The van der Waals surface area contributed by atoms with E-state index in [9.17, 15) is 4.79 Å². The van der Waals surface area contributed by atoms with E-state index >= 15 is 0 Å². The van der Waals surface area contributed by atoms with Crippen LogP contribution in [-0.4, -0.2) is 23.5 Å². The molecular formula is C14H18ClN3O. The maximum atomic E-state index is 11.9. The molecule has 1 aliphatic rings. The molecule has 1 aromatic rings. The maximum Gasteiger partial charge on any atom is 0.224 e. The van der Waals surface area contributed by atoms with Gasteiger partial charge in [0.15, 0.2) is 0 Å². The van der Waals surface area contributed by atoms with E-state index < -0.39 is 0 Å². The van der Waals surface area contributed by atoms with Crippen molar-refractivity contribution in [2.24, 2.45) is 5.73 Å². The van der Waals surface area contributed by atoms with E-state index in [2.05, 4.69) is 6.07 Å². The normalized spacial score (nSPS) is 17.7. The highest BCUT2D eigenvalue weighted by Crippen LogP contribution is 2.15. The van der Waals surface area contributed by atoms with Crippen molar-refractivity contribution in [1.29, 1.82) is 5.26 Å². The van der Waals surface area contributed by atoms with Crippen molar-refractivity contribution >= 4 is 18.3 Å². The summed E-state index contributed by atoms with van der Waals surface area (Å²) >= 11 is 0. The second-order valence-corrected chi connectivity index (χ2v) is 4.61. The van der Waals surface area contributed by atoms with Gasteiger partial charge in [0.25, 0.3) is 0 Å². The van der Waals surface area contributed by atoms with Gasteiger partial charge in [-0.3, -0.25) is 4.79 Å². The number of nitrogens with two attached hydrogens (primary N) is 1.